The van der Waals surface area contributed by atoms with Crippen LogP contribution in [0.15, 0.2) is 0 Å². The summed E-state index contributed by atoms with van der Waals surface area (Å²) in [6, 6.07) is 0. The van der Waals surface area contributed by atoms with E-state index in [1.165, 1.54) is 18.6 Å². The van der Waals surface area contributed by atoms with Gasteiger partial charge < -0.3 is 14.8 Å². The maximum Gasteiger partial charge on any atom is 0.235 e. The van der Waals surface area contributed by atoms with Crippen molar-refractivity contribution in [2.45, 2.75) is 6.54 Å². The van der Waals surface area contributed by atoms with Crippen LogP contribution in [0.25, 0.3) is 0 Å². The number of rotatable bonds is 5. The number of aromatic nitrogens is 1. The third-order valence-electron chi connectivity index (χ3n) is 1.68. The second kappa shape index (κ2) is 5.77. The molecular formula is C8H11ClN2O3S. The van der Waals surface area contributed by atoms with Crippen LogP contribution < -0.4 is 14.8 Å². The molecule has 1 heterocycles. The molecule has 5 nitrogen and oxygen atoms in total. The van der Waals surface area contributed by atoms with E-state index in [-0.39, 0.29) is 11.8 Å². The molecule has 0 atom stereocenters. The largest absolute Gasteiger partial charge is 0.486 e. The SMILES string of the molecule is COc1nsc(OC)c1CNC(=O)CCl. The summed E-state index contributed by atoms with van der Waals surface area (Å²) in [6.45, 7) is 0.300. The van der Waals surface area contributed by atoms with Crippen LogP contribution in [0.5, 0.6) is 10.9 Å². The third-order valence-corrected chi connectivity index (χ3v) is 2.76. The van der Waals surface area contributed by atoms with Crippen molar-refractivity contribution in [2.24, 2.45) is 0 Å². The molecule has 0 aliphatic carbocycles. The first-order valence-electron chi connectivity index (χ1n) is 4.12. The number of methoxy groups -OCH3 is 2. The van der Waals surface area contributed by atoms with Crippen LogP contribution in [0.4, 0.5) is 0 Å². The van der Waals surface area contributed by atoms with Crippen LogP contribution in [-0.2, 0) is 11.3 Å². The first-order valence-corrected chi connectivity index (χ1v) is 5.43. The molecule has 0 aliphatic heterocycles. The van der Waals surface area contributed by atoms with E-state index in [1.54, 1.807) is 7.11 Å². The molecule has 0 spiro atoms. The molecule has 1 N–H and O–H groups in total. The average molecular weight is 251 g/mol. The quantitative estimate of drug-likeness (QED) is 0.793. The monoisotopic (exact) mass is 250 g/mol. The van der Waals surface area contributed by atoms with Gasteiger partial charge in [-0.3, -0.25) is 4.79 Å². The summed E-state index contributed by atoms with van der Waals surface area (Å²) in [6.07, 6.45) is 0. The molecule has 1 rings (SSSR count). The van der Waals surface area contributed by atoms with Gasteiger partial charge in [0.25, 0.3) is 0 Å². The van der Waals surface area contributed by atoms with Gasteiger partial charge in [0.2, 0.25) is 16.9 Å². The van der Waals surface area contributed by atoms with E-state index in [4.69, 9.17) is 21.1 Å². The molecule has 0 bridgehead atoms. The summed E-state index contributed by atoms with van der Waals surface area (Å²) >= 11 is 6.53. The number of ether oxygens (including phenoxy) is 2. The smallest absolute Gasteiger partial charge is 0.235 e. The predicted octanol–water partition coefficient (Wildman–Crippen LogP) is 1.02. The van der Waals surface area contributed by atoms with E-state index in [2.05, 4.69) is 9.69 Å². The summed E-state index contributed by atoms with van der Waals surface area (Å²) in [5.74, 6) is 0.154. The van der Waals surface area contributed by atoms with Crippen molar-refractivity contribution >= 4 is 29.0 Å². The van der Waals surface area contributed by atoms with E-state index >= 15 is 0 Å². The maximum absolute atomic E-state index is 11.0. The van der Waals surface area contributed by atoms with Crippen molar-refractivity contribution < 1.29 is 14.3 Å². The van der Waals surface area contributed by atoms with E-state index in [0.29, 0.717) is 17.5 Å². The lowest BCUT2D eigenvalue weighted by Gasteiger charge is -2.05. The number of hydrogen-bond donors (Lipinski definition) is 1. The molecule has 0 unspecified atom stereocenters. The normalized spacial score (nSPS) is 9.80. The van der Waals surface area contributed by atoms with Crippen LogP contribution >= 0.6 is 23.1 Å². The molecule has 0 aliphatic rings. The summed E-state index contributed by atoms with van der Waals surface area (Å²) in [4.78, 5) is 11.0. The number of nitrogens with zero attached hydrogens (tertiary/aromatic N) is 1. The van der Waals surface area contributed by atoms with Crippen molar-refractivity contribution in [3.63, 3.8) is 0 Å². The van der Waals surface area contributed by atoms with Crippen molar-refractivity contribution in [2.75, 3.05) is 20.1 Å². The molecule has 0 radical (unpaired) electrons. The Bertz CT molecular complexity index is 321. The molecule has 1 aromatic heterocycles. The molecular weight excluding hydrogens is 240 g/mol. The second-order valence-corrected chi connectivity index (χ2v) is 3.58. The molecule has 1 aromatic rings. The third kappa shape index (κ3) is 2.97. The number of amides is 1. The lowest BCUT2D eigenvalue weighted by Crippen LogP contribution is -2.23. The minimum absolute atomic E-state index is 0.0673. The van der Waals surface area contributed by atoms with Gasteiger partial charge in [0.05, 0.1) is 26.3 Å². The highest BCUT2D eigenvalue weighted by Crippen LogP contribution is 2.31. The van der Waals surface area contributed by atoms with Gasteiger partial charge in [-0.05, 0) is 0 Å². The zero-order valence-corrected chi connectivity index (χ0v) is 9.94. The number of halogens is 1. The standard InChI is InChI=1S/C8H11ClN2O3S/c1-13-7-5(4-10-6(12)3-9)8(14-2)15-11-7/h3-4H2,1-2H3,(H,10,12). The number of nitrogens with one attached hydrogen (secondary N) is 1. The molecule has 84 valence electrons. The van der Waals surface area contributed by atoms with E-state index in [0.717, 1.165) is 5.56 Å². The maximum atomic E-state index is 11.0. The Kier molecular flexibility index (Phi) is 4.64. The molecule has 0 fully saturated rings. The van der Waals surface area contributed by atoms with Crippen LogP contribution in [0.3, 0.4) is 0 Å². The molecule has 15 heavy (non-hydrogen) atoms. The van der Waals surface area contributed by atoms with E-state index in [1.807, 2.05) is 0 Å². The molecule has 7 heteroatoms. The highest BCUT2D eigenvalue weighted by atomic mass is 35.5. The number of carbonyl (C=O) groups is 1. The molecule has 0 aromatic carbocycles. The van der Waals surface area contributed by atoms with Gasteiger partial charge >= 0.3 is 0 Å². The van der Waals surface area contributed by atoms with E-state index < -0.39 is 0 Å². The second-order valence-electron chi connectivity index (χ2n) is 2.57. The summed E-state index contributed by atoms with van der Waals surface area (Å²) in [5.41, 5.74) is 0.725. The Labute approximate surface area is 96.5 Å². The Balaban J connectivity index is 2.72. The Morgan fingerprint density at radius 3 is 2.80 bits per heavy atom. The van der Waals surface area contributed by atoms with Gasteiger partial charge in [-0.15, -0.1) is 11.6 Å². The number of carbonyl (C=O) groups excluding carboxylic acids is 1. The Morgan fingerprint density at radius 1 is 1.53 bits per heavy atom. The van der Waals surface area contributed by atoms with E-state index in [9.17, 15) is 4.79 Å². The minimum Gasteiger partial charge on any atom is -0.486 e. The van der Waals surface area contributed by atoms with Crippen molar-refractivity contribution in [1.82, 2.24) is 9.69 Å². The minimum atomic E-state index is -0.244. The predicted molar refractivity (Wildman–Crippen MR) is 57.8 cm³/mol. The molecule has 0 saturated heterocycles. The molecule has 1 amide bonds. The van der Waals surface area contributed by atoms with Crippen LogP contribution in [0.1, 0.15) is 5.56 Å². The highest BCUT2D eigenvalue weighted by molar-refractivity contribution is 7.08. The topological polar surface area (TPSA) is 60.5 Å². The average Bonchev–Trinajstić information content (AvgIpc) is 2.67. The zero-order chi connectivity index (χ0) is 11.3. The van der Waals surface area contributed by atoms with Gasteiger partial charge in [-0.1, -0.05) is 0 Å². The van der Waals surface area contributed by atoms with Gasteiger partial charge in [0.15, 0.2) is 0 Å². The highest BCUT2D eigenvalue weighted by Gasteiger charge is 2.15. The summed E-state index contributed by atoms with van der Waals surface area (Å²) < 4.78 is 14.1. The van der Waals surface area contributed by atoms with Crippen LogP contribution in [-0.4, -0.2) is 30.4 Å². The Hall–Kier alpha value is -1.01. The fraction of sp³-hybridized carbons (Fsp3) is 0.500. The van der Waals surface area contributed by atoms with Gasteiger partial charge in [-0.2, -0.15) is 4.37 Å². The van der Waals surface area contributed by atoms with Gasteiger partial charge in [0, 0.05) is 11.5 Å². The fourth-order valence-corrected chi connectivity index (χ4v) is 1.77. The lowest BCUT2D eigenvalue weighted by molar-refractivity contribution is -0.118. The summed E-state index contributed by atoms with van der Waals surface area (Å²) in [7, 11) is 3.06. The number of alkyl halides is 1. The zero-order valence-electron chi connectivity index (χ0n) is 8.37. The van der Waals surface area contributed by atoms with Crippen LogP contribution in [0, 0.1) is 0 Å². The number of hydrogen-bond acceptors (Lipinski definition) is 5. The van der Waals surface area contributed by atoms with Crippen molar-refractivity contribution in [3.05, 3.63) is 5.56 Å². The first kappa shape index (κ1) is 12.1. The molecule has 0 saturated carbocycles. The summed E-state index contributed by atoms with van der Waals surface area (Å²) in [5, 5.41) is 3.25. The first-order chi connectivity index (χ1) is 7.22. The lowest BCUT2D eigenvalue weighted by atomic mass is 10.3. The van der Waals surface area contributed by atoms with Crippen molar-refractivity contribution in [3.8, 4) is 10.9 Å². The Morgan fingerprint density at radius 2 is 2.27 bits per heavy atom. The van der Waals surface area contributed by atoms with Crippen molar-refractivity contribution in [1.29, 1.82) is 0 Å². The van der Waals surface area contributed by atoms with Gasteiger partial charge in [0.1, 0.15) is 5.88 Å². The van der Waals surface area contributed by atoms with Gasteiger partial charge in [-0.25, -0.2) is 0 Å². The fourth-order valence-electron chi connectivity index (χ4n) is 0.983. The van der Waals surface area contributed by atoms with Crippen LogP contribution in [0.2, 0.25) is 0 Å².